The summed E-state index contributed by atoms with van der Waals surface area (Å²) in [6, 6.07) is 1.69. The molecule has 84 valence electrons. The second-order valence-corrected chi connectivity index (χ2v) is 4.40. The third kappa shape index (κ3) is 3.75. The van der Waals surface area contributed by atoms with E-state index in [1.165, 1.54) is 13.4 Å². The van der Waals surface area contributed by atoms with E-state index in [0.29, 0.717) is 12.1 Å². The van der Waals surface area contributed by atoms with E-state index in [1.807, 2.05) is 0 Å². The average Bonchev–Trinajstić information content (AvgIpc) is 2.61. The van der Waals surface area contributed by atoms with Gasteiger partial charge in [0.05, 0.1) is 19.2 Å². The molecule has 0 aliphatic carbocycles. The highest BCUT2D eigenvalue weighted by Crippen LogP contribution is 2.10. The van der Waals surface area contributed by atoms with E-state index >= 15 is 0 Å². The van der Waals surface area contributed by atoms with Crippen LogP contribution in [0.15, 0.2) is 16.7 Å². The topological polar surface area (TPSA) is 51.5 Å². The third-order valence-electron chi connectivity index (χ3n) is 1.87. The Bertz CT molecular complexity index is 336. The fraction of sp³-hybridized carbons (Fsp3) is 0.545. The van der Waals surface area contributed by atoms with Gasteiger partial charge in [-0.05, 0) is 26.8 Å². The number of methoxy groups -OCH3 is 1. The van der Waals surface area contributed by atoms with Gasteiger partial charge in [0.2, 0.25) is 0 Å². The van der Waals surface area contributed by atoms with Gasteiger partial charge in [-0.25, -0.2) is 4.79 Å². The molecular formula is C11H17NO3. The molecule has 1 N–H and O–H groups in total. The van der Waals surface area contributed by atoms with Crippen LogP contribution in [0.25, 0.3) is 0 Å². The number of nitrogens with one attached hydrogen (secondary N) is 1. The molecule has 0 aliphatic rings. The minimum Gasteiger partial charge on any atom is -0.467 e. The zero-order valence-electron chi connectivity index (χ0n) is 9.59. The van der Waals surface area contributed by atoms with Gasteiger partial charge >= 0.3 is 5.97 Å². The molecule has 0 fully saturated rings. The number of carbonyl (C=O) groups is 1. The van der Waals surface area contributed by atoms with Crippen molar-refractivity contribution in [3.63, 3.8) is 0 Å². The quantitative estimate of drug-likeness (QED) is 0.776. The summed E-state index contributed by atoms with van der Waals surface area (Å²) in [7, 11) is 1.35. The van der Waals surface area contributed by atoms with Gasteiger partial charge in [0.1, 0.15) is 12.0 Å². The maximum atomic E-state index is 11.1. The van der Waals surface area contributed by atoms with Gasteiger partial charge in [-0.3, -0.25) is 0 Å². The number of hydrogen-bond donors (Lipinski definition) is 1. The summed E-state index contributed by atoms with van der Waals surface area (Å²) >= 11 is 0. The first kappa shape index (κ1) is 11.8. The van der Waals surface area contributed by atoms with E-state index in [1.54, 1.807) is 6.07 Å². The number of furan rings is 1. The predicted octanol–water partition coefficient (Wildman–Crippen LogP) is 1.95. The van der Waals surface area contributed by atoms with Crippen LogP contribution in [0.5, 0.6) is 0 Å². The highest BCUT2D eigenvalue weighted by molar-refractivity contribution is 5.88. The van der Waals surface area contributed by atoms with Gasteiger partial charge in [-0.2, -0.15) is 0 Å². The van der Waals surface area contributed by atoms with Gasteiger partial charge in [-0.1, -0.05) is 0 Å². The van der Waals surface area contributed by atoms with Gasteiger partial charge < -0.3 is 14.5 Å². The highest BCUT2D eigenvalue weighted by Gasteiger charge is 2.13. The van der Waals surface area contributed by atoms with Crippen molar-refractivity contribution in [1.29, 1.82) is 0 Å². The molecule has 0 amide bonds. The fourth-order valence-electron chi connectivity index (χ4n) is 1.05. The lowest BCUT2D eigenvalue weighted by molar-refractivity contribution is 0.0600. The smallest absolute Gasteiger partial charge is 0.341 e. The minimum absolute atomic E-state index is 0.0260. The van der Waals surface area contributed by atoms with Crippen molar-refractivity contribution in [3.05, 3.63) is 23.7 Å². The number of esters is 1. The van der Waals surface area contributed by atoms with E-state index < -0.39 is 0 Å². The Morgan fingerprint density at radius 2 is 2.20 bits per heavy atom. The number of ether oxygens (including phenoxy) is 1. The molecule has 0 spiro atoms. The van der Waals surface area contributed by atoms with Crippen molar-refractivity contribution in [2.75, 3.05) is 7.11 Å². The third-order valence-corrected chi connectivity index (χ3v) is 1.87. The van der Waals surface area contributed by atoms with Crippen LogP contribution in [0.2, 0.25) is 0 Å². The molecule has 0 saturated carbocycles. The van der Waals surface area contributed by atoms with E-state index in [2.05, 4.69) is 30.8 Å². The second-order valence-electron chi connectivity index (χ2n) is 4.40. The molecule has 1 heterocycles. The summed E-state index contributed by atoms with van der Waals surface area (Å²) in [5.74, 6) is 0.353. The molecule has 1 aromatic heterocycles. The van der Waals surface area contributed by atoms with Crippen LogP contribution in [0, 0.1) is 0 Å². The lowest BCUT2D eigenvalue weighted by Crippen LogP contribution is -2.34. The molecule has 1 aromatic rings. The molecule has 0 radical (unpaired) electrons. The first-order valence-electron chi connectivity index (χ1n) is 4.83. The number of rotatable bonds is 3. The summed E-state index contributed by atoms with van der Waals surface area (Å²) in [6.07, 6.45) is 1.41. The highest BCUT2D eigenvalue weighted by atomic mass is 16.5. The van der Waals surface area contributed by atoms with E-state index in [9.17, 15) is 4.79 Å². The fourth-order valence-corrected chi connectivity index (χ4v) is 1.05. The molecule has 0 saturated heterocycles. The van der Waals surface area contributed by atoms with Gasteiger partial charge in [0.15, 0.2) is 0 Å². The average molecular weight is 211 g/mol. The SMILES string of the molecule is COC(=O)c1coc(CNC(C)(C)C)c1. The molecule has 0 unspecified atom stereocenters. The Labute approximate surface area is 89.6 Å². The molecule has 0 aliphatic heterocycles. The molecule has 4 nitrogen and oxygen atoms in total. The van der Waals surface area contributed by atoms with Crippen LogP contribution in [0.4, 0.5) is 0 Å². The maximum absolute atomic E-state index is 11.1. The lowest BCUT2D eigenvalue weighted by atomic mass is 10.1. The largest absolute Gasteiger partial charge is 0.467 e. The maximum Gasteiger partial charge on any atom is 0.341 e. The Hall–Kier alpha value is -1.29. The zero-order chi connectivity index (χ0) is 11.5. The Balaban J connectivity index is 2.57. The number of hydrogen-bond acceptors (Lipinski definition) is 4. The van der Waals surface area contributed by atoms with Crippen LogP contribution in [-0.2, 0) is 11.3 Å². The van der Waals surface area contributed by atoms with Gasteiger partial charge in [-0.15, -0.1) is 0 Å². The molecule has 0 aromatic carbocycles. The lowest BCUT2D eigenvalue weighted by Gasteiger charge is -2.19. The molecule has 4 heteroatoms. The van der Waals surface area contributed by atoms with Crippen LogP contribution in [-0.4, -0.2) is 18.6 Å². The zero-order valence-corrected chi connectivity index (χ0v) is 9.59. The molecule has 0 atom stereocenters. The second kappa shape index (κ2) is 4.49. The first-order valence-corrected chi connectivity index (χ1v) is 4.83. The first-order chi connectivity index (χ1) is 6.92. The van der Waals surface area contributed by atoms with Crippen molar-refractivity contribution in [2.45, 2.75) is 32.9 Å². The monoisotopic (exact) mass is 211 g/mol. The minimum atomic E-state index is -0.374. The summed E-state index contributed by atoms with van der Waals surface area (Å²) in [4.78, 5) is 11.1. The summed E-state index contributed by atoms with van der Waals surface area (Å²) < 4.78 is 9.80. The van der Waals surface area contributed by atoms with Crippen LogP contribution >= 0.6 is 0 Å². The van der Waals surface area contributed by atoms with E-state index in [0.717, 1.165) is 5.76 Å². The van der Waals surface area contributed by atoms with Crippen molar-refractivity contribution in [2.24, 2.45) is 0 Å². The van der Waals surface area contributed by atoms with Crippen molar-refractivity contribution in [1.82, 2.24) is 5.32 Å². The Kier molecular flexibility index (Phi) is 3.52. The van der Waals surface area contributed by atoms with Crippen LogP contribution in [0.1, 0.15) is 36.9 Å². The van der Waals surface area contributed by atoms with Gasteiger partial charge in [0.25, 0.3) is 0 Å². The molecule has 15 heavy (non-hydrogen) atoms. The van der Waals surface area contributed by atoms with Crippen molar-refractivity contribution in [3.8, 4) is 0 Å². The van der Waals surface area contributed by atoms with Crippen molar-refractivity contribution < 1.29 is 13.9 Å². The van der Waals surface area contributed by atoms with Gasteiger partial charge in [0, 0.05) is 5.54 Å². The normalized spacial score (nSPS) is 11.5. The summed E-state index contributed by atoms with van der Waals surface area (Å²) in [5.41, 5.74) is 0.473. The van der Waals surface area contributed by atoms with Crippen LogP contribution < -0.4 is 5.32 Å². The standard InChI is InChI=1S/C11H17NO3/c1-11(2,3)12-6-9-5-8(7-15-9)10(13)14-4/h5,7,12H,6H2,1-4H3. The van der Waals surface area contributed by atoms with Crippen molar-refractivity contribution >= 4 is 5.97 Å². The number of carbonyl (C=O) groups excluding carboxylic acids is 1. The molecular weight excluding hydrogens is 194 g/mol. The molecule has 1 rings (SSSR count). The Morgan fingerprint density at radius 1 is 1.53 bits per heavy atom. The Morgan fingerprint density at radius 3 is 2.73 bits per heavy atom. The van der Waals surface area contributed by atoms with Crippen LogP contribution in [0.3, 0.4) is 0 Å². The van der Waals surface area contributed by atoms with E-state index in [-0.39, 0.29) is 11.5 Å². The summed E-state index contributed by atoms with van der Waals surface area (Å²) in [6.45, 7) is 6.80. The van der Waals surface area contributed by atoms with E-state index in [4.69, 9.17) is 4.42 Å². The summed E-state index contributed by atoms with van der Waals surface area (Å²) in [5, 5.41) is 3.26. The molecule has 0 bridgehead atoms. The predicted molar refractivity (Wildman–Crippen MR) is 56.6 cm³/mol.